The molecule has 0 aliphatic carbocycles. The third kappa shape index (κ3) is 2.94. The van der Waals surface area contributed by atoms with E-state index in [0.29, 0.717) is 4.90 Å². The van der Waals surface area contributed by atoms with Crippen LogP contribution in [0.15, 0.2) is 17.8 Å². The molecule has 0 spiro atoms. The number of aryl methyl sites for hydroxylation is 3. The molecule has 0 atom stereocenters. The molecule has 2 N–H and O–H groups in total. The molecule has 1 fully saturated rings. The van der Waals surface area contributed by atoms with E-state index in [9.17, 15) is 14.4 Å². The number of benzene rings is 1. The number of carbonyl (C=O) groups excluding carboxylic acids is 2. The van der Waals surface area contributed by atoms with Gasteiger partial charge in [-0.25, -0.2) is 9.69 Å². The molecule has 1 aromatic rings. The van der Waals surface area contributed by atoms with Crippen molar-refractivity contribution in [3.8, 4) is 0 Å². The highest BCUT2D eigenvalue weighted by Gasteiger charge is 2.34. The first-order valence-electron chi connectivity index (χ1n) is 6.44. The number of carboxylic acids is 1. The van der Waals surface area contributed by atoms with Crippen LogP contribution in [0.4, 0.5) is 4.79 Å². The van der Waals surface area contributed by atoms with Crippen molar-refractivity contribution in [2.45, 2.75) is 20.8 Å². The Balaban J connectivity index is 2.37. The fourth-order valence-corrected chi connectivity index (χ4v) is 2.41. The standard InChI is InChI=1S/C15H16N2O4/c1-8-4-9(2)11(10(3)5-8)6-12-14(20)17(7-13(18)19)15(21)16-12/h4-6H,7H2,1-3H3,(H,16,21)(H,18,19)/b12-6+. The fourth-order valence-electron chi connectivity index (χ4n) is 2.41. The monoisotopic (exact) mass is 288 g/mol. The Hall–Kier alpha value is -2.63. The summed E-state index contributed by atoms with van der Waals surface area (Å²) in [7, 11) is 0. The molecule has 0 aromatic heterocycles. The zero-order chi connectivity index (χ0) is 15.7. The van der Waals surface area contributed by atoms with Crippen LogP contribution in [0.3, 0.4) is 0 Å². The molecule has 21 heavy (non-hydrogen) atoms. The fraction of sp³-hybridized carbons (Fsp3) is 0.267. The van der Waals surface area contributed by atoms with Gasteiger partial charge in [-0.3, -0.25) is 9.59 Å². The van der Waals surface area contributed by atoms with Crippen LogP contribution < -0.4 is 5.32 Å². The molecule has 110 valence electrons. The van der Waals surface area contributed by atoms with Crippen LogP contribution in [0.2, 0.25) is 0 Å². The summed E-state index contributed by atoms with van der Waals surface area (Å²) in [5, 5.41) is 11.1. The van der Waals surface area contributed by atoms with Gasteiger partial charge in [0.05, 0.1) is 0 Å². The minimum absolute atomic E-state index is 0.0938. The number of carbonyl (C=O) groups is 3. The van der Waals surface area contributed by atoms with Crippen molar-refractivity contribution in [2.24, 2.45) is 0 Å². The molecule has 0 bridgehead atoms. The van der Waals surface area contributed by atoms with Crippen molar-refractivity contribution in [3.05, 3.63) is 40.1 Å². The first-order valence-corrected chi connectivity index (χ1v) is 6.44. The van der Waals surface area contributed by atoms with Crippen LogP contribution in [-0.4, -0.2) is 34.5 Å². The Labute approximate surface area is 122 Å². The van der Waals surface area contributed by atoms with E-state index in [4.69, 9.17) is 5.11 Å². The molecule has 1 aliphatic rings. The second-order valence-corrected chi connectivity index (χ2v) is 5.09. The lowest BCUT2D eigenvalue weighted by molar-refractivity contribution is -0.140. The predicted molar refractivity (Wildman–Crippen MR) is 76.5 cm³/mol. The highest BCUT2D eigenvalue weighted by molar-refractivity contribution is 6.15. The van der Waals surface area contributed by atoms with E-state index < -0.39 is 24.5 Å². The van der Waals surface area contributed by atoms with Crippen molar-refractivity contribution in [1.82, 2.24) is 10.2 Å². The lowest BCUT2D eigenvalue weighted by Crippen LogP contribution is -2.35. The Morgan fingerprint density at radius 3 is 2.33 bits per heavy atom. The second-order valence-electron chi connectivity index (χ2n) is 5.09. The average Bonchev–Trinajstić information content (AvgIpc) is 2.61. The molecule has 1 heterocycles. The Morgan fingerprint density at radius 2 is 1.81 bits per heavy atom. The number of nitrogens with zero attached hydrogens (tertiary/aromatic N) is 1. The summed E-state index contributed by atoms with van der Waals surface area (Å²) in [5.74, 6) is -1.86. The van der Waals surface area contributed by atoms with Crippen LogP contribution >= 0.6 is 0 Å². The van der Waals surface area contributed by atoms with Crippen LogP contribution in [0.25, 0.3) is 6.08 Å². The SMILES string of the molecule is Cc1cc(C)c(/C=C2/NC(=O)N(CC(=O)O)C2=O)c(C)c1. The van der Waals surface area contributed by atoms with Crippen LogP contribution in [-0.2, 0) is 9.59 Å². The molecular formula is C15H16N2O4. The number of nitrogens with one attached hydrogen (secondary N) is 1. The molecule has 0 saturated carbocycles. The number of imide groups is 1. The van der Waals surface area contributed by atoms with E-state index in [1.54, 1.807) is 6.08 Å². The molecule has 1 saturated heterocycles. The number of amides is 3. The van der Waals surface area contributed by atoms with Crippen molar-refractivity contribution >= 4 is 24.0 Å². The number of hydrogen-bond acceptors (Lipinski definition) is 3. The highest BCUT2D eigenvalue weighted by Crippen LogP contribution is 2.21. The lowest BCUT2D eigenvalue weighted by Gasteiger charge is -2.08. The van der Waals surface area contributed by atoms with Gasteiger partial charge in [0.25, 0.3) is 5.91 Å². The topological polar surface area (TPSA) is 86.7 Å². The Kier molecular flexibility index (Phi) is 3.80. The molecule has 6 nitrogen and oxygen atoms in total. The van der Waals surface area contributed by atoms with Gasteiger partial charge in [-0.2, -0.15) is 0 Å². The van der Waals surface area contributed by atoms with Gasteiger partial charge < -0.3 is 10.4 Å². The van der Waals surface area contributed by atoms with Gasteiger partial charge in [-0.05, 0) is 43.5 Å². The lowest BCUT2D eigenvalue weighted by atomic mass is 9.99. The summed E-state index contributed by atoms with van der Waals surface area (Å²) in [4.78, 5) is 35.0. The van der Waals surface area contributed by atoms with Crippen LogP contribution in [0, 0.1) is 20.8 Å². The highest BCUT2D eigenvalue weighted by atomic mass is 16.4. The van der Waals surface area contributed by atoms with Gasteiger partial charge in [-0.1, -0.05) is 17.7 Å². The molecule has 1 aliphatic heterocycles. The van der Waals surface area contributed by atoms with Crippen molar-refractivity contribution in [2.75, 3.05) is 6.54 Å². The molecule has 6 heteroatoms. The molecular weight excluding hydrogens is 272 g/mol. The maximum absolute atomic E-state index is 12.1. The van der Waals surface area contributed by atoms with Gasteiger partial charge in [0, 0.05) is 0 Å². The maximum atomic E-state index is 12.1. The molecule has 0 radical (unpaired) electrons. The number of rotatable bonds is 3. The first-order chi connectivity index (χ1) is 9.79. The van der Waals surface area contributed by atoms with E-state index in [2.05, 4.69) is 5.32 Å². The van der Waals surface area contributed by atoms with Crippen molar-refractivity contribution in [1.29, 1.82) is 0 Å². The summed E-state index contributed by atoms with van der Waals surface area (Å²) in [6.07, 6.45) is 1.59. The average molecular weight is 288 g/mol. The second kappa shape index (κ2) is 5.40. The molecule has 1 aromatic carbocycles. The van der Waals surface area contributed by atoms with E-state index in [1.807, 2.05) is 32.9 Å². The number of hydrogen-bond donors (Lipinski definition) is 2. The Morgan fingerprint density at radius 1 is 1.24 bits per heavy atom. The zero-order valence-corrected chi connectivity index (χ0v) is 12.1. The van der Waals surface area contributed by atoms with Gasteiger partial charge >= 0.3 is 12.0 Å². The first kappa shape index (κ1) is 14.8. The van der Waals surface area contributed by atoms with E-state index >= 15 is 0 Å². The Bertz CT molecular complexity index is 653. The number of carboxylic acid groups (broad SMARTS) is 1. The largest absolute Gasteiger partial charge is 0.480 e. The summed E-state index contributed by atoms with van der Waals surface area (Å²) < 4.78 is 0. The summed E-state index contributed by atoms with van der Waals surface area (Å²) >= 11 is 0. The smallest absolute Gasteiger partial charge is 0.329 e. The van der Waals surface area contributed by atoms with Crippen LogP contribution in [0.5, 0.6) is 0 Å². The van der Waals surface area contributed by atoms with E-state index in [1.165, 1.54) is 0 Å². The van der Waals surface area contributed by atoms with Crippen LogP contribution in [0.1, 0.15) is 22.3 Å². The normalized spacial score (nSPS) is 16.5. The molecule has 3 amide bonds. The number of aliphatic carboxylic acids is 1. The van der Waals surface area contributed by atoms with Gasteiger partial charge in [0.1, 0.15) is 12.2 Å². The number of urea groups is 1. The van der Waals surface area contributed by atoms with E-state index in [0.717, 1.165) is 22.3 Å². The quantitative estimate of drug-likeness (QED) is 0.653. The summed E-state index contributed by atoms with van der Waals surface area (Å²) in [6, 6.07) is 3.25. The van der Waals surface area contributed by atoms with Gasteiger partial charge in [0.15, 0.2) is 0 Å². The maximum Gasteiger partial charge on any atom is 0.329 e. The van der Waals surface area contributed by atoms with Crippen molar-refractivity contribution < 1.29 is 19.5 Å². The van der Waals surface area contributed by atoms with Gasteiger partial charge in [-0.15, -0.1) is 0 Å². The van der Waals surface area contributed by atoms with Gasteiger partial charge in [0.2, 0.25) is 0 Å². The minimum atomic E-state index is -1.23. The minimum Gasteiger partial charge on any atom is -0.480 e. The summed E-state index contributed by atoms with van der Waals surface area (Å²) in [5.41, 5.74) is 4.02. The van der Waals surface area contributed by atoms with Crippen molar-refractivity contribution in [3.63, 3.8) is 0 Å². The predicted octanol–water partition coefficient (Wildman–Crippen LogP) is 1.59. The summed E-state index contributed by atoms with van der Waals surface area (Å²) in [6.45, 7) is 5.17. The third-order valence-electron chi connectivity index (χ3n) is 3.28. The van der Waals surface area contributed by atoms with E-state index in [-0.39, 0.29) is 5.70 Å². The third-order valence-corrected chi connectivity index (χ3v) is 3.28. The zero-order valence-electron chi connectivity index (χ0n) is 12.1. The molecule has 0 unspecified atom stereocenters. The molecule has 2 rings (SSSR count).